The number of hydrogen-bond donors (Lipinski definition) is 2. The van der Waals surface area contributed by atoms with Gasteiger partial charge in [0.2, 0.25) is 0 Å². The van der Waals surface area contributed by atoms with Crippen LogP contribution in [0.25, 0.3) is 0 Å². The lowest BCUT2D eigenvalue weighted by Gasteiger charge is -2.17. The van der Waals surface area contributed by atoms with E-state index in [1.165, 1.54) is 12.1 Å². The summed E-state index contributed by atoms with van der Waals surface area (Å²) in [4.78, 5) is 0. The fourth-order valence-electron chi connectivity index (χ4n) is 1.98. The normalized spacial score (nSPS) is 14.1. The molecular formula is C16H18FNO. The van der Waals surface area contributed by atoms with Crippen LogP contribution in [0.3, 0.4) is 0 Å². The molecule has 0 radical (unpaired) electrons. The van der Waals surface area contributed by atoms with E-state index >= 15 is 0 Å². The second-order valence-corrected chi connectivity index (χ2v) is 4.61. The molecule has 0 aromatic heterocycles. The van der Waals surface area contributed by atoms with E-state index in [-0.39, 0.29) is 11.9 Å². The molecule has 3 heteroatoms. The van der Waals surface area contributed by atoms with Gasteiger partial charge in [0.05, 0.1) is 6.10 Å². The molecule has 0 aliphatic rings. The zero-order valence-electron chi connectivity index (χ0n) is 10.9. The lowest BCUT2D eigenvalue weighted by Crippen LogP contribution is -2.24. The molecule has 0 saturated carbocycles. The van der Waals surface area contributed by atoms with E-state index in [9.17, 15) is 9.50 Å². The average molecular weight is 259 g/mol. The zero-order valence-corrected chi connectivity index (χ0v) is 10.9. The maximum atomic E-state index is 13.1. The molecule has 0 aliphatic heterocycles. The molecule has 0 heterocycles. The van der Waals surface area contributed by atoms with Crippen LogP contribution in [0, 0.1) is 5.82 Å². The van der Waals surface area contributed by atoms with Gasteiger partial charge in [0.25, 0.3) is 0 Å². The standard InChI is InChI=1S/C16H18FNO/c1-12(14-8-5-9-15(17)10-14)18-11-16(19)13-6-3-2-4-7-13/h2-10,12,16,18-19H,11H2,1H3/t12-,16?/m0/s1. The van der Waals surface area contributed by atoms with Crippen molar-refractivity contribution < 1.29 is 9.50 Å². The molecule has 2 aromatic rings. The monoisotopic (exact) mass is 259 g/mol. The topological polar surface area (TPSA) is 32.3 Å². The highest BCUT2D eigenvalue weighted by Crippen LogP contribution is 2.16. The smallest absolute Gasteiger partial charge is 0.123 e. The molecule has 100 valence electrons. The van der Waals surface area contributed by atoms with E-state index < -0.39 is 6.10 Å². The summed E-state index contributed by atoms with van der Waals surface area (Å²) >= 11 is 0. The molecule has 2 rings (SSSR count). The van der Waals surface area contributed by atoms with Gasteiger partial charge in [-0.2, -0.15) is 0 Å². The minimum Gasteiger partial charge on any atom is -0.387 e. The third-order valence-corrected chi connectivity index (χ3v) is 3.15. The van der Waals surface area contributed by atoms with Crippen LogP contribution in [0.1, 0.15) is 30.2 Å². The predicted octanol–water partition coefficient (Wildman–Crippen LogP) is 3.21. The van der Waals surface area contributed by atoms with Crippen molar-refractivity contribution in [2.75, 3.05) is 6.54 Å². The molecule has 0 aliphatic carbocycles. The number of aliphatic hydroxyl groups excluding tert-OH is 1. The first-order valence-corrected chi connectivity index (χ1v) is 6.38. The Kier molecular flexibility index (Phi) is 4.66. The number of nitrogens with one attached hydrogen (secondary N) is 1. The SMILES string of the molecule is C[C@H](NCC(O)c1ccccc1)c1cccc(F)c1. The Bertz CT molecular complexity index is 515. The lowest BCUT2D eigenvalue weighted by atomic mass is 10.1. The van der Waals surface area contributed by atoms with Gasteiger partial charge in [-0.1, -0.05) is 42.5 Å². The molecule has 2 atom stereocenters. The van der Waals surface area contributed by atoms with Crippen LogP contribution in [-0.4, -0.2) is 11.7 Å². The van der Waals surface area contributed by atoms with Crippen LogP contribution in [0.4, 0.5) is 4.39 Å². The Labute approximate surface area is 112 Å². The van der Waals surface area contributed by atoms with E-state index in [1.54, 1.807) is 6.07 Å². The van der Waals surface area contributed by atoms with E-state index in [4.69, 9.17) is 0 Å². The van der Waals surface area contributed by atoms with Gasteiger partial charge in [0.15, 0.2) is 0 Å². The summed E-state index contributed by atoms with van der Waals surface area (Å²) in [5, 5.41) is 13.2. The average Bonchev–Trinajstić information content (AvgIpc) is 2.45. The van der Waals surface area contributed by atoms with Crippen molar-refractivity contribution in [1.29, 1.82) is 0 Å². The molecule has 0 amide bonds. The first-order valence-electron chi connectivity index (χ1n) is 6.38. The quantitative estimate of drug-likeness (QED) is 0.864. The molecule has 0 spiro atoms. The molecule has 1 unspecified atom stereocenters. The summed E-state index contributed by atoms with van der Waals surface area (Å²) in [5.41, 5.74) is 1.75. The van der Waals surface area contributed by atoms with Crippen LogP contribution in [0.5, 0.6) is 0 Å². The molecule has 2 aromatic carbocycles. The van der Waals surface area contributed by atoms with Crippen molar-refractivity contribution in [2.24, 2.45) is 0 Å². The van der Waals surface area contributed by atoms with Crippen molar-refractivity contribution >= 4 is 0 Å². The maximum absolute atomic E-state index is 13.1. The molecule has 0 fully saturated rings. The second kappa shape index (κ2) is 6.45. The molecule has 19 heavy (non-hydrogen) atoms. The fraction of sp³-hybridized carbons (Fsp3) is 0.250. The van der Waals surface area contributed by atoms with E-state index in [0.717, 1.165) is 11.1 Å². The summed E-state index contributed by atoms with van der Waals surface area (Å²) in [7, 11) is 0. The number of aliphatic hydroxyl groups is 1. The summed E-state index contributed by atoms with van der Waals surface area (Å²) in [6.07, 6.45) is -0.558. The number of rotatable bonds is 5. The lowest BCUT2D eigenvalue weighted by molar-refractivity contribution is 0.171. The van der Waals surface area contributed by atoms with Gasteiger partial charge in [0, 0.05) is 12.6 Å². The summed E-state index contributed by atoms with van der Waals surface area (Å²) < 4.78 is 13.1. The number of halogens is 1. The number of hydrogen-bond acceptors (Lipinski definition) is 2. The highest BCUT2D eigenvalue weighted by molar-refractivity contribution is 5.20. The van der Waals surface area contributed by atoms with Gasteiger partial charge >= 0.3 is 0 Å². The van der Waals surface area contributed by atoms with Crippen molar-refractivity contribution in [3.8, 4) is 0 Å². The van der Waals surface area contributed by atoms with Crippen LogP contribution < -0.4 is 5.32 Å². The second-order valence-electron chi connectivity index (χ2n) is 4.61. The summed E-state index contributed by atoms with van der Waals surface area (Å²) in [6, 6.07) is 16.0. The largest absolute Gasteiger partial charge is 0.387 e. The predicted molar refractivity (Wildman–Crippen MR) is 74.2 cm³/mol. The highest BCUT2D eigenvalue weighted by atomic mass is 19.1. The molecule has 0 saturated heterocycles. The van der Waals surface area contributed by atoms with Crippen LogP contribution in [-0.2, 0) is 0 Å². The van der Waals surface area contributed by atoms with Crippen LogP contribution in [0.15, 0.2) is 54.6 Å². The van der Waals surface area contributed by atoms with Gasteiger partial charge in [-0.3, -0.25) is 0 Å². The van der Waals surface area contributed by atoms with E-state index in [0.29, 0.717) is 6.54 Å². The molecule has 0 bridgehead atoms. The summed E-state index contributed by atoms with van der Waals surface area (Å²) in [6.45, 7) is 2.38. The van der Waals surface area contributed by atoms with Gasteiger partial charge in [-0.25, -0.2) is 4.39 Å². The molecule has 2 nitrogen and oxygen atoms in total. The Morgan fingerprint density at radius 3 is 2.42 bits per heavy atom. The Balaban J connectivity index is 1.92. The van der Waals surface area contributed by atoms with Gasteiger partial charge in [0.1, 0.15) is 5.82 Å². The zero-order chi connectivity index (χ0) is 13.7. The van der Waals surface area contributed by atoms with Gasteiger partial charge < -0.3 is 10.4 Å². The van der Waals surface area contributed by atoms with Crippen LogP contribution >= 0.6 is 0 Å². The molecular weight excluding hydrogens is 241 g/mol. The van der Waals surface area contributed by atoms with E-state index in [1.807, 2.05) is 43.3 Å². The number of benzene rings is 2. The van der Waals surface area contributed by atoms with Crippen molar-refractivity contribution in [2.45, 2.75) is 19.1 Å². The van der Waals surface area contributed by atoms with Gasteiger partial charge in [-0.05, 0) is 30.2 Å². The Morgan fingerprint density at radius 2 is 1.74 bits per heavy atom. The van der Waals surface area contributed by atoms with Crippen molar-refractivity contribution in [1.82, 2.24) is 5.32 Å². The maximum Gasteiger partial charge on any atom is 0.123 e. The van der Waals surface area contributed by atoms with Crippen LogP contribution in [0.2, 0.25) is 0 Å². The minimum absolute atomic E-state index is 0.00550. The first kappa shape index (κ1) is 13.7. The van der Waals surface area contributed by atoms with E-state index in [2.05, 4.69) is 5.32 Å². The third-order valence-electron chi connectivity index (χ3n) is 3.15. The minimum atomic E-state index is -0.558. The third kappa shape index (κ3) is 3.88. The van der Waals surface area contributed by atoms with Crippen molar-refractivity contribution in [3.05, 3.63) is 71.5 Å². The summed E-state index contributed by atoms with van der Waals surface area (Å²) in [5.74, 6) is -0.241. The highest BCUT2D eigenvalue weighted by Gasteiger charge is 2.10. The first-order chi connectivity index (χ1) is 9.16. The molecule has 2 N–H and O–H groups in total. The Morgan fingerprint density at radius 1 is 1.05 bits per heavy atom. The van der Waals surface area contributed by atoms with Crippen molar-refractivity contribution in [3.63, 3.8) is 0 Å². The fourth-order valence-corrected chi connectivity index (χ4v) is 1.98. The Hall–Kier alpha value is -1.71. The van der Waals surface area contributed by atoms with Gasteiger partial charge in [-0.15, -0.1) is 0 Å².